The molecule has 25 heavy (non-hydrogen) atoms. The number of ether oxygens (including phenoxy) is 2. The van der Waals surface area contributed by atoms with Gasteiger partial charge in [-0.3, -0.25) is 4.79 Å². The molecule has 1 aliphatic carbocycles. The fourth-order valence-electron chi connectivity index (χ4n) is 3.08. The number of rotatable bonds is 5. The summed E-state index contributed by atoms with van der Waals surface area (Å²) in [5, 5.41) is 12.4. The van der Waals surface area contributed by atoms with Crippen LogP contribution in [0.5, 0.6) is 11.5 Å². The molecule has 0 bridgehead atoms. The molecular formula is C19H23BrN2O3. The molecule has 0 saturated heterocycles. The van der Waals surface area contributed by atoms with Gasteiger partial charge in [-0.1, -0.05) is 19.8 Å². The van der Waals surface area contributed by atoms with Crippen molar-refractivity contribution < 1.29 is 14.3 Å². The Balaban J connectivity index is 2.26. The number of carbonyl (C=O) groups is 1. The highest BCUT2D eigenvalue weighted by Crippen LogP contribution is 2.34. The zero-order valence-electron chi connectivity index (χ0n) is 14.8. The van der Waals surface area contributed by atoms with Crippen molar-refractivity contribution in [3.05, 3.63) is 27.7 Å². The average molecular weight is 407 g/mol. The third kappa shape index (κ3) is 4.76. The van der Waals surface area contributed by atoms with E-state index in [9.17, 15) is 10.1 Å². The van der Waals surface area contributed by atoms with Gasteiger partial charge in [-0.05, 0) is 46.8 Å². The second-order valence-electron chi connectivity index (χ2n) is 6.24. The van der Waals surface area contributed by atoms with Gasteiger partial charge in [0.15, 0.2) is 0 Å². The van der Waals surface area contributed by atoms with Gasteiger partial charge in [0.2, 0.25) is 0 Å². The van der Waals surface area contributed by atoms with Crippen molar-refractivity contribution in [2.75, 3.05) is 14.2 Å². The molecule has 0 radical (unpaired) electrons. The van der Waals surface area contributed by atoms with Crippen LogP contribution in [0, 0.1) is 17.2 Å². The maximum atomic E-state index is 12.5. The van der Waals surface area contributed by atoms with Gasteiger partial charge in [0.25, 0.3) is 5.91 Å². The molecule has 1 saturated carbocycles. The van der Waals surface area contributed by atoms with Gasteiger partial charge >= 0.3 is 0 Å². The van der Waals surface area contributed by atoms with E-state index in [1.807, 2.05) is 6.07 Å². The molecule has 0 heterocycles. The van der Waals surface area contributed by atoms with Crippen LogP contribution in [0.4, 0.5) is 0 Å². The first-order chi connectivity index (χ1) is 12.0. The number of methoxy groups -OCH3 is 2. The van der Waals surface area contributed by atoms with E-state index in [-0.39, 0.29) is 17.5 Å². The van der Waals surface area contributed by atoms with Crippen molar-refractivity contribution >= 4 is 27.9 Å². The molecule has 0 unspecified atom stereocenters. The number of benzene rings is 1. The lowest BCUT2D eigenvalue weighted by molar-refractivity contribution is -0.118. The van der Waals surface area contributed by atoms with Crippen LogP contribution >= 0.6 is 15.9 Å². The summed E-state index contributed by atoms with van der Waals surface area (Å²) in [6.07, 6.45) is 5.93. The average Bonchev–Trinajstić information content (AvgIpc) is 2.61. The van der Waals surface area contributed by atoms with Crippen molar-refractivity contribution in [3.8, 4) is 17.6 Å². The SMILES string of the molecule is COc1cc(OC)c(/C=C(\C#N)C(=O)N[C@H]2CCCC[C@@H]2C)cc1Br. The highest BCUT2D eigenvalue weighted by atomic mass is 79.9. The fraction of sp³-hybridized carbons (Fsp3) is 0.474. The first kappa shape index (κ1) is 19.3. The summed E-state index contributed by atoms with van der Waals surface area (Å²) in [7, 11) is 3.10. The van der Waals surface area contributed by atoms with E-state index in [4.69, 9.17) is 9.47 Å². The van der Waals surface area contributed by atoms with Gasteiger partial charge in [-0.15, -0.1) is 0 Å². The van der Waals surface area contributed by atoms with Crippen LogP contribution in [-0.2, 0) is 4.79 Å². The zero-order chi connectivity index (χ0) is 18.4. The third-order valence-electron chi connectivity index (χ3n) is 4.60. The summed E-state index contributed by atoms with van der Waals surface area (Å²) in [5.41, 5.74) is 0.701. The van der Waals surface area contributed by atoms with E-state index in [0.29, 0.717) is 23.0 Å². The summed E-state index contributed by atoms with van der Waals surface area (Å²) in [5.74, 6) is 1.25. The van der Waals surface area contributed by atoms with E-state index < -0.39 is 0 Å². The summed E-state index contributed by atoms with van der Waals surface area (Å²) in [4.78, 5) is 12.5. The summed E-state index contributed by atoms with van der Waals surface area (Å²) in [6.45, 7) is 2.14. The van der Waals surface area contributed by atoms with Crippen molar-refractivity contribution in [2.24, 2.45) is 5.92 Å². The third-order valence-corrected chi connectivity index (χ3v) is 5.22. The van der Waals surface area contributed by atoms with Crippen molar-refractivity contribution in [2.45, 2.75) is 38.6 Å². The Kier molecular flexibility index (Phi) is 6.89. The molecule has 1 fully saturated rings. The number of amides is 1. The maximum Gasteiger partial charge on any atom is 0.262 e. The monoisotopic (exact) mass is 406 g/mol. The van der Waals surface area contributed by atoms with E-state index in [1.165, 1.54) is 13.5 Å². The lowest BCUT2D eigenvalue weighted by Gasteiger charge is -2.29. The molecule has 1 aromatic rings. The number of halogens is 1. The molecular weight excluding hydrogens is 384 g/mol. The molecule has 0 aliphatic heterocycles. The topological polar surface area (TPSA) is 71.3 Å². The van der Waals surface area contributed by atoms with E-state index in [2.05, 4.69) is 28.2 Å². The van der Waals surface area contributed by atoms with Crippen molar-refractivity contribution in [1.82, 2.24) is 5.32 Å². The number of nitrogens with zero attached hydrogens (tertiary/aromatic N) is 1. The minimum Gasteiger partial charge on any atom is -0.496 e. The van der Waals surface area contributed by atoms with E-state index >= 15 is 0 Å². The Morgan fingerprint density at radius 2 is 1.96 bits per heavy atom. The van der Waals surface area contributed by atoms with Crippen LogP contribution in [0.1, 0.15) is 38.2 Å². The van der Waals surface area contributed by atoms with Crippen LogP contribution in [0.25, 0.3) is 6.08 Å². The van der Waals surface area contributed by atoms with Gasteiger partial charge in [0, 0.05) is 17.7 Å². The molecule has 1 aliphatic rings. The lowest BCUT2D eigenvalue weighted by atomic mass is 9.86. The van der Waals surface area contributed by atoms with Gasteiger partial charge in [-0.2, -0.15) is 5.26 Å². The van der Waals surface area contributed by atoms with Gasteiger partial charge in [-0.25, -0.2) is 0 Å². The molecule has 2 atom stereocenters. The molecule has 1 aromatic carbocycles. The molecule has 6 heteroatoms. The van der Waals surface area contributed by atoms with E-state index in [1.54, 1.807) is 25.3 Å². The standard InChI is InChI=1S/C19H23BrN2O3/c1-12-6-4-5-7-16(12)22-19(23)14(11-21)8-13-9-15(20)18(25-3)10-17(13)24-2/h8-10,12,16H,4-7H2,1-3H3,(H,22,23)/b14-8+/t12-,16-/m0/s1. The quantitative estimate of drug-likeness (QED) is 0.590. The van der Waals surface area contributed by atoms with Crippen LogP contribution in [0.15, 0.2) is 22.2 Å². The van der Waals surface area contributed by atoms with Crippen LogP contribution in [-0.4, -0.2) is 26.2 Å². The Morgan fingerprint density at radius 3 is 2.56 bits per heavy atom. The minimum absolute atomic E-state index is 0.0631. The maximum absolute atomic E-state index is 12.5. The number of hydrogen-bond donors (Lipinski definition) is 1. The molecule has 0 aromatic heterocycles. The van der Waals surface area contributed by atoms with Crippen molar-refractivity contribution in [3.63, 3.8) is 0 Å². The smallest absolute Gasteiger partial charge is 0.262 e. The predicted molar refractivity (Wildman–Crippen MR) is 100 cm³/mol. The van der Waals surface area contributed by atoms with Crippen LogP contribution in [0.3, 0.4) is 0 Å². The normalized spacial score (nSPS) is 20.5. The highest BCUT2D eigenvalue weighted by Gasteiger charge is 2.24. The number of nitriles is 1. The molecule has 1 N–H and O–H groups in total. The minimum atomic E-state index is -0.338. The summed E-state index contributed by atoms with van der Waals surface area (Å²) in [6, 6.07) is 5.61. The molecule has 0 spiro atoms. The summed E-state index contributed by atoms with van der Waals surface area (Å²) >= 11 is 3.41. The highest BCUT2D eigenvalue weighted by molar-refractivity contribution is 9.10. The predicted octanol–water partition coefficient (Wildman–Crippen LogP) is 4.07. The van der Waals surface area contributed by atoms with Gasteiger partial charge < -0.3 is 14.8 Å². The van der Waals surface area contributed by atoms with Crippen LogP contribution in [0.2, 0.25) is 0 Å². The first-order valence-electron chi connectivity index (χ1n) is 8.34. The number of hydrogen-bond acceptors (Lipinski definition) is 4. The second kappa shape index (κ2) is 8.91. The molecule has 2 rings (SSSR count). The van der Waals surface area contributed by atoms with Crippen LogP contribution < -0.4 is 14.8 Å². The van der Waals surface area contributed by atoms with E-state index in [0.717, 1.165) is 23.7 Å². The fourth-order valence-corrected chi connectivity index (χ4v) is 3.60. The number of carbonyl (C=O) groups excluding carboxylic acids is 1. The largest absolute Gasteiger partial charge is 0.496 e. The Bertz CT molecular complexity index is 709. The Labute approximate surface area is 157 Å². The van der Waals surface area contributed by atoms with Gasteiger partial charge in [0.1, 0.15) is 23.1 Å². The zero-order valence-corrected chi connectivity index (χ0v) is 16.4. The number of nitrogens with one attached hydrogen (secondary N) is 1. The second-order valence-corrected chi connectivity index (χ2v) is 7.09. The molecule has 134 valence electrons. The molecule has 1 amide bonds. The first-order valence-corrected chi connectivity index (χ1v) is 9.13. The van der Waals surface area contributed by atoms with Crippen molar-refractivity contribution in [1.29, 1.82) is 5.26 Å². The Morgan fingerprint density at radius 1 is 1.28 bits per heavy atom. The lowest BCUT2D eigenvalue weighted by Crippen LogP contribution is -2.41. The van der Waals surface area contributed by atoms with Gasteiger partial charge in [0.05, 0.1) is 18.7 Å². The Hall–Kier alpha value is -2.00. The molecule has 5 nitrogen and oxygen atoms in total. The summed E-state index contributed by atoms with van der Waals surface area (Å²) < 4.78 is 11.3.